The van der Waals surface area contributed by atoms with E-state index in [0.29, 0.717) is 5.82 Å². The molecular weight excluding hydrogens is 701 g/mol. The second kappa shape index (κ2) is 13.3. The van der Waals surface area contributed by atoms with Gasteiger partial charge in [0.05, 0.1) is 11.4 Å². The van der Waals surface area contributed by atoms with Crippen LogP contribution in [0.15, 0.2) is 199 Å². The molecule has 0 amide bonds. The molecule has 3 nitrogen and oxygen atoms in total. The van der Waals surface area contributed by atoms with Crippen LogP contribution in [0.5, 0.6) is 0 Å². The van der Waals surface area contributed by atoms with E-state index in [-0.39, 0.29) is 0 Å². The lowest BCUT2D eigenvalue weighted by Crippen LogP contribution is -1.96. The molecule has 0 unspecified atom stereocenters. The molecule has 0 spiro atoms. The van der Waals surface area contributed by atoms with Gasteiger partial charge < -0.3 is 4.42 Å². The topological polar surface area (TPSA) is 38.9 Å². The Balaban J connectivity index is 1.06. The molecule has 0 saturated carbocycles. The van der Waals surface area contributed by atoms with Crippen LogP contribution < -0.4 is 0 Å². The van der Waals surface area contributed by atoms with E-state index in [2.05, 4.69) is 158 Å². The van der Waals surface area contributed by atoms with Gasteiger partial charge in [-0.1, -0.05) is 152 Å². The molecule has 262 valence electrons. The SMILES string of the molecule is c1ccc(-c2ccc(-c3ccc4sc5cccc(-c6cc(-c7cccc(-c8cccc9oc%10ccccc%10c89)c7)nc(-c7ccccc7)n6)c5c4c3)cc2)cc1. The van der Waals surface area contributed by atoms with Gasteiger partial charge in [0.25, 0.3) is 0 Å². The standard InChI is InChI=1S/C52H32N2OS/c1-3-12-33(13-4-1)34-24-26-35(27-25-34)37-28-29-48-43(31-37)51-41(20-11-23-49(51)56-48)45-32-44(53-52(54-45)36-14-5-2-6-15-36)39-17-9-16-38(30-39)40-19-10-22-47-50(40)42-18-7-8-21-46(42)55-47/h1-32H. The molecule has 0 bridgehead atoms. The summed E-state index contributed by atoms with van der Waals surface area (Å²) < 4.78 is 8.74. The predicted octanol–water partition coefficient (Wildman–Crippen LogP) is 14.7. The lowest BCUT2D eigenvalue weighted by Gasteiger charge is -2.12. The molecule has 56 heavy (non-hydrogen) atoms. The molecule has 0 saturated heterocycles. The summed E-state index contributed by atoms with van der Waals surface area (Å²) in [5.74, 6) is 0.696. The first-order valence-electron chi connectivity index (χ1n) is 18.8. The van der Waals surface area contributed by atoms with Gasteiger partial charge in [0.1, 0.15) is 11.2 Å². The monoisotopic (exact) mass is 732 g/mol. The average molecular weight is 733 g/mol. The summed E-state index contributed by atoms with van der Waals surface area (Å²) in [5.41, 5.74) is 13.7. The molecule has 0 atom stereocenters. The van der Waals surface area contributed by atoms with Crippen LogP contribution in [0.4, 0.5) is 0 Å². The summed E-state index contributed by atoms with van der Waals surface area (Å²) in [6.07, 6.45) is 0. The van der Waals surface area contributed by atoms with Crippen molar-refractivity contribution in [2.75, 3.05) is 0 Å². The van der Waals surface area contributed by atoms with Crippen molar-refractivity contribution >= 4 is 53.4 Å². The molecule has 0 aliphatic rings. The van der Waals surface area contributed by atoms with E-state index < -0.39 is 0 Å². The number of thiophene rings is 1. The van der Waals surface area contributed by atoms with Crippen LogP contribution in [0.2, 0.25) is 0 Å². The van der Waals surface area contributed by atoms with Gasteiger partial charge in [-0.15, -0.1) is 11.3 Å². The first kappa shape index (κ1) is 32.3. The van der Waals surface area contributed by atoms with E-state index in [4.69, 9.17) is 14.4 Å². The molecule has 0 aliphatic carbocycles. The van der Waals surface area contributed by atoms with Crippen molar-refractivity contribution in [3.63, 3.8) is 0 Å². The summed E-state index contributed by atoms with van der Waals surface area (Å²) in [6, 6.07) is 68.5. The molecule has 3 heterocycles. The molecule has 0 aliphatic heterocycles. The Morgan fingerprint density at radius 2 is 0.946 bits per heavy atom. The fourth-order valence-electron chi connectivity index (χ4n) is 8.02. The molecule has 3 aromatic heterocycles. The molecule has 0 fully saturated rings. The van der Waals surface area contributed by atoms with Crippen LogP contribution >= 0.6 is 11.3 Å². The normalized spacial score (nSPS) is 11.6. The molecule has 0 radical (unpaired) electrons. The third-order valence-corrected chi connectivity index (χ3v) is 11.9. The number of aromatic nitrogens is 2. The Bertz CT molecular complexity index is 3240. The van der Waals surface area contributed by atoms with Crippen LogP contribution in [0.25, 0.3) is 109 Å². The summed E-state index contributed by atoms with van der Waals surface area (Å²) >= 11 is 1.83. The van der Waals surface area contributed by atoms with Gasteiger partial charge in [0.15, 0.2) is 5.82 Å². The zero-order chi connectivity index (χ0) is 37.0. The number of benzene rings is 8. The Hall–Kier alpha value is -7.14. The third kappa shape index (κ3) is 5.58. The molecular formula is C52H32N2OS. The molecule has 4 heteroatoms. The van der Waals surface area contributed by atoms with Crippen molar-refractivity contribution in [3.05, 3.63) is 194 Å². The maximum atomic E-state index is 6.25. The minimum atomic E-state index is 0.696. The second-order valence-electron chi connectivity index (χ2n) is 14.1. The van der Waals surface area contributed by atoms with Gasteiger partial charge in [0, 0.05) is 47.6 Å². The highest BCUT2D eigenvalue weighted by atomic mass is 32.1. The lowest BCUT2D eigenvalue weighted by atomic mass is 9.96. The van der Waals surface area contributed by atoms with E-state index in [9.17, 15) is 0 Å². The lowest BCUT2D eigenvalue weighted by molar-refractivity contribution is 0.669. The number of nitrogens with zero attached hydrogens (tertiary/aromatic N) is 2. The van der Waals surface area contributed by atoms with Gasteiger partial charge in [-0.05, 0) is 75.8 Å². The Labute approximate surface area is 327 Å². The van der Waals surface area contributed by atoms with E-state index in [0.717, 1.165) is 61.1 Å². The Kier molecular flexibility index (Phi) is 7.68. The Morgan fingerprint density at radius 1 is 0.339 bits per heavy atom. The number of hydrogen-bond donors (Lipinski definition) is 0. The highest BCUT2D eigenvalue weighted by molar-refractivity contribution is 7.26. The fourth-order valence-corrected chi connectivity index (χ4v) is 9.13. The van der Waals surface area contributed by atoms with Gasteiger partial charge in [-0.25, -0.2) is 9.97 Å². The fraction of sp³-hybridized carbons (Fsp3) is 0. The average Bonchev–Trinajstić information content (AvgIpc) is 3.85. The number of furan rings is 1. The predicted molar refractivity (Wildman–Crippen MR) is 235 cm³/mol. The number of fused-ring (bicyclic) bond motifs is 6. The van der Waals surface area contributed by atoms with Crippen molar-refractivity contribution in [2.45, 2.75) is 0 Å². The van der Waals surface area contributed by atoms with E-state index in [1.807, 2.05) is 47.7 Å². The van der Waals surface area contributed by atoms with Gasteiger partial charge in [-0.2, -0.15) is 0 Å². The largest absolute Gasteiger partial charge is 0.456 e. The summed E-state index contributed by atoms with van der Waals surface area (Å²) in [6.45, 7) is 0. The van der Waals surface area contributed by atoms with E-state index >= 15 is 0 Å². The van der Waals surface area contributed by atoms with Gasteiger partial charge in [-0.3, -0.25) is 0 Å². The van der Waals surface area contributed by atoms with Gasteiger partial charge >= 0.3 is 0 Å². The second-order valence-corrected chi connectivity index (χ2v) is 15.2. The number of rotatable bonds is 6. The molecule has 0 N–H and O–H groups in total. The smallest absolute Gasteiger partial charge is 0.160 e. The quantitative estimate of drug-likeness (QED) is 0.171. The van der Waals surface area contributed by atoms with Crippen molar-refractivity contribution in [1.29, 1.82) is 0 Å². The summed E-state index contributed by atoms with van der Waals surface area (Å²) in [4.78, 5) is 10.5. The minimum Gasteiger partial charge on any atom is -0.456 e. The van der Waals surface area contributed by atoms with Crippen LogP contribution in [-0.4, -0.2) is 9.97 Å². The molecule has 11 rings (SSSR count). The first-order valence-corrected chi connectivity index (χ1v) is 19.6. The van der Waals surface area contributed by atoms with Crippen molar-refractivity contribution in [1.82, 2.24) is 9.97 Å². The maximum absolute atomic E-state index is 6.25. The summed E-state index contributed by atoms with van der Waals surface area (Å²) in [7, 11) is 0. The van der Waals surface area contributed by atoms with Crippen LogP contribution in [0, 0.1) is 0 Å². The third-order valence-electron chi connectivity index (χ3n) is 10.7. The number of hydrogen-bond acceptors (Lipinski definition) is 4. The Morgan fingerprint density at radius 3 is 1.79 bits per heavy atom. The highest BCUT2D eigenvalue weighted by Crippen LogP contribution is 2.43. The minimum absolute atomic E-state index is 0.696. The van der Waals surface area contributed by atoms with Crippen molar-refractivity contribution < 1.29 is 4.42 Å². The van der Waals surface area contributed by atoms with Crippen molar-refractivity contribution in [2.24, 2.45) is 0 Å². The van der Waals surface area contributed by atoms with E-state index in [1.54, 1.807) is 0 Å². The van der Waals surface area contributed by atoms with Gasteiger partial charge in [0.2, 0.25) is 0 Å². The van der Waals surface area contributed by atoms with E-state index in [1.165, 1.54) is 42.4 Å². The zero-order valence-electron chi connectivity index (χ0n) is 30.2. The summed E-state index contributed by atoms with van der Waals surface area (Å²) in [5, 5.41) is 4.68. The highest BCUT2D eigenvalue weighted by Gasteiger charge is 2.18. The zero-order valence-corrected chi connectivity index (χ0v) is 31.0. The number of para-hydroxylation sites is 1. The molecule has 8 aromatic carbocycles. The molecule has 11 aromatic rings. The van der Waals surface area contributed by atoms with Crippen molar-refractivity contribution in [3.8, 4) is 67.3 Å². The first-order chi connectivity index (χ1) is 27.7. The van der Waals surface area contributed by atoms with Crippen LogP contribution in [0.3, 0.4) is 0 Å². The van der Waals surface area contributed by atoms with Crippen LogP contribution in [-0.2, 0) is 0 Å². The van der Waals surface area contributed by atoms with Crippen LogP contribution in [0.1, 0.15) is 0 Å². The maximum Gasteiger partial charge on any atom is 0.160 e.